The molecule has 194 valence electrons. The van der Waals surface area contributed by atoms with Crippen molar-refractivity contribution in [1.29, 1.82) is 5.26 Å². The molecule has 2 N–H and O–H groups in total. The maximum Gasteiger partial charge on any atom is 0.241 e. The summed E-state index contributed by atoms with van der Waals surface area (Å²) in [4.78, 5) is 29.6. The molecule has 1 unspecified atom stereocenters. The van der Waals surface area contributed by atoms with Gasteiger partial charge in [-0.25, -0.2) is 0 Å². The van der Waals surface area contributed by atoms with Crippen LogP contribution in [0.25, 0.3) is 0 Å². The Bertz CT molecular complexity index is 1080. The van der Waals surface area contributed by atoms with E-state index in [4.69, 9.17) is 0 Å². The van der Waals surface area contributed by atoms with Crippen LogP contribution in [0.3, 0.4) is 0 Å². The molecule has 36 heavy (non-hydrogen) atoms. The van der Waals surface area contributed by atoms with E-state index in [1.165, 1.54) is 11.1 Å². The third kappa shape index (κ3) is 7.79. The van der Waals surface area contributed by atoms with Gasteiger partial charge < -0.3 is 15.1 Å². The van der Waals surface area contributed by atoms with Crippen LogP contribution >= 0.6 is 12.4 Å². The number of nitrogens with zero attached hydrogens (tertiary/aromatic N) is 3. The number of halogens is 1. The zero-order valence-corrected chi connectivity index (χ0v) is 22.5. The summed E-state index contributed by atoms with van der Waals surface area (Å²) in [5.41, 5.74) is 4.85. The molecule has 7 nitrogen and oxygen atoms in total. The fourth-order valence-corrected chi connectivity index (χ4v) is 4.52. The molecule has 0 saturated heterocycles. The predicted molar refractivity (Wildman–Crippen MR) is 147 cm³/mol. The molecule has 0 aliphatic heterocycles. The molecule has 1 atom stereocenters. The van der Waals surface area contributed by atoms with Crippen molar-refractivity contribution in [3.05, 3.63) is 64.7 Å². The lowest BCUT2D eigenvalue weighted by Gasteiger charge is -2.32. The number of hydrogen-bond acceptors (Lipinski definition) is 5. The Hall–Kier alpha value is -2.92. The van der Waals surface area contributed by atoms with Crippen molar-refractivity contribution in [3.8, 4) is 6.07 Å². The van der Waals surface area contributed by atoms with Crippen molar-refractivity contribution in [3.63, 3.8) is 0 Å². The average molecular weight is 512 g/mol. The van der Waals surface area contributed by atoms with Crippen LogP contribution < -0.4 is 15.5 Å². The van der Waals surface area contributed by atoms with E-state index in [1.807, 2.05) is 31.0 Å². The van der Waals surface area contributed by atoms with Crippen molar-refractivity contribution < 1.29 is 9.59 Å². The number of nitrogens with one attached hydrogen (secondary N) is 2. The second-order valence-electron chi connectivity index (χ2n) is 9.54. The summed E-state index contributed by atoms with van der Waals surface area (Å²) < 4.78 is 0. The zero-order valence-electron chi connectivity index (χ0n) is 21.7. The van der Waals surface area contributed by atoms with Crippen molar-refractivity contribution in [2.45, 2.75) is 52.1 Å². The molecule has 0 aromatic heterocycles. The number of fused-ring (bicyclic) bond motifs is 1. The van der Waals surface area contributed by atoms with E-state index < -0.39 is 0 Å². The van der Waals surface area contributed by atoms with Crippen LogP contribution in [0.1, 0.15) is 42.5 Å². The van der Waals surface area contributed by atoms with E-state index in [9.17, 15) is 14.9 Å². The molecule has 3 rings (SSSR count). The lowest BCUT2D eigenvalue weighted by Crippen LogP contribution is -2.47. The summed E-state index contributed by atoms with van der Waals surface area (Å²) in [5.74, 6) is -0.145. The summed E-state index contributed by atoms with van der Waals surface area (Å²) >= 11 is 0. The summed E-state index contributed by atoms with van der Waals surface area (Å²) in [5, 5.41) is 15.7. The molecule has 2 aromatic carbocycles. The largest absolute Gasteiger partial charge is 0.341 e. The van der Waals surface area contributed by atoms with Gasteiger partial charge in [-0.2, -0.15) is 5.26 Å². The zero-order chi connectivity index (χ0) is 25.4. The molecule has 8 heteroatoms. The monoisotopic (exact) mass is 511 g/mol. The Balaban J connectivity index is 0.00000456. The summed E-state index contributed by atoms with van der Waals surface area (Å²) in [6, 6.07) is 16.4. The van der Waals surface area contributed by atoms with Crippen molar-refractivity contribution in [2.75, 3.05) is 38.1 Å². The first-order valence-corrected chi connectivity index (χ1v) is 12.4. The van der Waals surface area contributed by atoms with Gasteiger partial charge in [0.25, 0.3) is 0 Å². The van der Waals surface area contributed by atoms with E-state index in [0.717, 1.165) is 30.5 Å². The Kier molecular flexibility index (Phi) is 11.4. The lowest BCUT2D eigenvalue weighted by molar-refractivity contribution is -0.131. The van der Waals surface area contributed by atoms with Crippen LogP contribution in [0.4, 0.5) is 5.69 Å². The van der Waals surface area contributed by atoms with Crippen LogP contribution in [0, 0.1) is 18.3 Å². The number of likely N-dealkylation sites (N-methyl/N-ethyl adjacent to an activating group) is 1. The highest BCUT2D eigenvalue weighted by atomic mass is 35.5. The smallest absolute Gasteiger partial charge is 0.241 e. The number of aryl methyl sites for hydroxylation is 2. The summed E-state index contributed by atoms with van der Waals surface area (Å²) in [6.45, 7) is 7.31. The van der Waals surface area contributed by atoms with Gasteiger partial charge in [-0.15, -0.1) is 12.4 Å². The first-order chi connectivity index (χ1) is 16.8. The van der Waals surface area contributed by atoms with E-state index in [-0.39, 0.29) is 43.4 Å². The quantitative estimate of drug-likeness (QED) is 0.511. The normalized spacial score (nSPS) is 14.4. The fraction of sp³-hybridized carbons (Fsp3) is 0.464. The highest BCUT2D eigenvalue weighted by Crippen LogP contribution is 2.24. The number of amides is 2. The van der Waals surface area contributed by atoms with Crippen molar-refractivity contribution in [1.82, 2.24) is 15.5 Å². The van der Waals surface area contributed by atoms with Gasteiger partial charge in [0.15, 0.2) is 0 Å². The second kappa shape index (κ2) is 14.0. The maximum absolute atomic E-state index is 13.2. The first kappa shape index (κ1) is 29.3. The number of hydrogen-bond donors (Lipinski definition) is 2. The summed E-state index contributed by atoms with van der Waals surface area (Å²) in [6.07, 6.45) is 2.79. The third-order valence-corrected chi connectivity index (χ3v) is 6.63. The molecular weight excluding hydrogens is 474 g/mol. The Morgan fingerprint density at radius 1 is 1.11 bits per heavy atom. The Morgan fingerprint density at radius 3 is 2.50 bits per heavy atom. The van der Waals surface area contributed by atoms with Crippen LogP contribution in [0.2, 0.25) is 0 Å². The molecule has 0 bridgehead atoms. The molecule has 0 heterocycles. The van der Waals surface area contributed by atoms with Crippen molar-refractivity contribution >= 4 is 29.9 Å². The Labute approximate surface area is 221 Å². The molecule has 0 radical (unpaired) electrons. The van der Waals surface area contributed by atoms with Gasteiger partial charge in [0.1, 0.15) is 0 Å². The number of carbonyl (C=O) groups is 2. The number of benzene rings is 2. The molecule has 0 fully saturated rings. The highest BCUT2D eigenvalue weighted by Gasteiger charge is 2.25. The summed E-state index contributed by atoms with van der Waals surface area (Å²) in [7, 11) is 1.85. The molecular formula is C28H38ClN5O2. The van der Waals surface area contributed by atoms with E-state index in [2.05, 4.69) is 48.7 Å². The Morgan fingerprint density at radius 2 is 1.81 bits per heavy atom. The van der Waals surface area contributed by atoms with Crippen LogP contribution in [0.15, 0.2) is 42.5 Å². The highest BCUT2D eigenvalue weighted by molar-refractivity contribution is 5.96. The molecule has 1 aliphatic rings. The van der Waals surface area contributed by atoms with Gasteiger partial charge in [-0.1, -0.05) is 44.2 Å². The minimum Gasteiger partial charge on any atom is -0.341 e. The van der Waals surface area contributed by atoms with Crippen molar-refractivity contribution in [2.24, 2.45) is 0 Å². The number of anilines is 1. The van der Waals surface area contributed by atoms with Gasteiger partial charge in [-0.05, 0) is 55.0 Å². The van der Waals surface area contributed by atoms with Gasteiger partial charge in [0.2, 0.25) is 11.8 Å². The van der Waals surface area contributed by atoms with Gasteiger partial charge in [0, 0.05) is 37.9 Å². The average Bonchev–Trinajstić information content (AvgIpc) is 2.86. The SMILES string of the molecule is Cc1ccc(C#N)cc1N(CCNC(C)C)C(=O)CNCC(=O)N(C)C1CCc2ccccc2C1.Cl. The number of nitriles is 1. The number of carbonyl (C=O) groups excluding carboxylic acids is 2. The standard InChI is InChI=1S/C28H37N5O2.ClH/c1-20(2)31-13-14-33(26-15-22(17-29)10-9-21(26)3)28(35)19-30-18-27(34)32(4)25-12-11-23-7-5-6-8-24(23)16-25;/h5-10,15,20,25,30-31H,11-14,16,18-19H2,1-4H3;1H. The predicted octanol–water partition coefficient (Wildman–Crippen LogP) is 3.23. The molecule has 0 saturated carbocycles. The topological polar surface area (TPSA) is 88.5 Å². The van der Waals surface area contributed by atoms with Gasteiger partial charge >= 0.3 is 0 Å². The van der Waals surface area contributed by atoms with Gasteiger partial charge in [0.05, 0.1) is 24.7 Å². The third-order valence-electron chi connectivity index (χ3n) is 6.63. The fourth-order valence-electron chi connectivity index (χ4n) is 4.52. The first-order valence-electron chi connectivity index (χ1n) is 12.4. The molecule has 2 amide bonds. The minimum atomic E-state index is -0.129. The number of rotatable bonds is 10. The maximum atomic E-state index is 13.2. The lowest BCUT2D eigenvalue weighted by atomic mass is 9.87. The van der Waals surface area contributed by atoms with E-state index in [1.54, 1.807) is 17.0 Å². The van der Waals surface area contributed by atoms with Gasteiger partial charge in [-0.3, -0.25) is 14.9 Å². The molecule has 2 aromatic rings. The minimum absolute atomic E-state index is 0. The van der Waals surface area contributed by atoms with Crippen LogP contribution in [-0.2, 0) is 22.4 Å². The van der Waals surface area contributed by atoms with Crippen LogP contribution in [-0.4, -0.2) is 62.0 Å². The van der Waals surface area contributed by atoms with Crippen LogP contribution in [0.5, 0.6) is 0 Å². The van der Waals surface area contributed by atoms with E-state index >= 15 is 0 Å². The van der Waals surface area contributed by atoms with E-state index in [0.29, 0.717) is 24.7 Å². The molecule has 0 spiro atoms. The molecule has 1 aliphatic carbocycles. The second-order valence-corrected chi connectivity index (χ2v) is 9.54.